The molecule has 1 amide bonds. The fourth-order valence-electron chi connectivity index (χ4n) is 3.19. The molecule has 1 aromatic heterocycles. The van der Waals surface area contributed by atoms with Crippen LogP contribution in [0.4, 0.5) is 0 Å². The molecule has 2 aromatic rings. The average molecular weight is 414 g/mol. The molecule has 9 heteroatoms. The summed E-state index contributed by atoms with van der Waals surface area (Å²) in [6.07, 6.45) is 4.33. The van der Waals surface area contributed by atoms with Gasteiger partial charge in [-0.25, -0.2) is 4.68 Å². The first-order chi connectivity index (χ1) is 12.5. The lowest BCUT2D eigenvalue weighted by Crippen LogP contribution is -2.44. The topological polar surface area (TPSA) is 77.0 Å². The van der Waals surface area contributed by atoms with E-state index in [9.17, 15) is 4.79 Å². The van der Waals surface area contributed by atoms with Crippen LogP contribution >= 0.6 is 35.0 Å². The Morgan fingerprint density at radius 2 is 2.15 bits per heavy atom. The molecule has 1 fully saturated rings. The SMILES string of the molecule is CC[C@H]1CCCCN1C(=O)CSc1nnc(-c2cc(Cl)ccc2Cl)n1N. The molecule has 3 rings (SSSR count). The summed E-state index contributed by atoms with van der Waals surface area (Å²) in [6, 6.07) is 5.41. The van der Waals surface area contributed by atoms with Gasteiger partial charge in [-0.05, 0) is 43.9 Å². The van der Waals surface area contributed by atoms with Gasteiger partial charge >= 0.3 is 0 Å². The van der Waals surface area contributed by atoms with Gasteiger partial charge in [0.1, 0.15) is 0 Å². The molecule has 0 spiro atoms. The molecule has 1 aromatic carbocycles. The second kappa shape index (κ2) is 8.50. The van der Waals surface area contributed by atoms with E-state index in [4.69, 9.17) is 29.0 Å². The number of nitrogens with two attached hydrogens (primary N) is 1. The molecule has 140 valence electrons. The maximum absolute atomic E-state index is 12.6. The average Bonchev–Trinajstić information content (AvgIpc) is 3.02. The van der Waals surface area contributed by atoms with Crippen molar-refractivity contribution in [2.24, 2.45) is 0 Å². The third kappa shape index (κ3) is 4.10. The molecule has 1 aliphatic rings. The van der Waals surface area contributed by atoms with Crippen LogP contribution in [0.5, 0.6) is 0 Å². The summed E-state index contributed by atoms with van der Waals surface area (Å²) in [6.45, 7) is 2.96. The molecule has 0 bridgehead atoms. The van der Waals surface area contributed by atoms with Gasteiger partial charge in [0, 0.05) is 23.2 Å². The Kier molecular flexibility index (Phi) is 6.32. The van der Waals surface area contributed by atoms with Crippen molar-refractivity contribution in [1.29, 1.82) is 0 Å². The number of nitrogen functional groups attached to an aromatic ring is 1. The van der Waals surface area contributed by atoms with Crippen LogP contribution in [0.1, 0.15) is 32.6 Å². The zero-order chi connectivity index (χ0) is 18.7. The highest BCUT2D eigenvalue weighted by Crippen LogP contribution is 2.30. The number of amides is 1. The zero-order valence-corrected chi connectivity index (χ0v) is 16.8. The van der Waals surface area contributed by atoms with E-state index >= 15 is 0 Å². The first-order valence-corrected chi connectivity index (χ1v) is 10.3. The molecule has 6 nitrogen and oxygen atoms in total. The maximum atomic E-state index is 12.6. The lowest BCUT2D eigenvalue weighted by atomic mass is 10.0. The van der Waals surface area contributed by atoms with Crippen LogP contribution in [-0.2, 0) is 4.79 Å². The van der Waals surface area contributed by atoms with Crippen LogP contribution in [0, 0.1) is 0 Å². The first-order valence-electron chi connectivity index (χ1n) is 8.59. The van der Waals surface area contributed by atoms with Gasteiger partial charge in [-0.3, -0.25) is 4.79 Å². The van der Waals surface area contributed by atoms with E-state index in [1.807, 2.05) is 4.90 Å². The predicted octanol–water partition coefficient (Wildman–Crippen LogP) is 3.85. The standard InChI is InChI=1S/C17H21Cl2N5OS/c1-2-12-5-3-4-8-23(12)15(25)10-26-17-22-21-16(24(17)20)13-9-11(18)6-7-14(13)19/h6-7,9,12H,2-5,8,10,20H2,1H3/t12-/m0/s1. The third-order valence-electron chi connectivity index (χ3n) is 4.58. The number of likely N-dealkylation sites (tertiary alicyclic amines) is 1. The van der Waals surface area contributed by atoms with E-state index in [-0.39, 0.29) is 11.7 Å². The van der Waals surface area contributed by atoms with Gasteiger partial charge in [-0.2, -0.15) is 0 Å². The third-order valence-corrected chi connectivity index (χ3v) is 6.07. The molecule has 1 aliphatic heterocycles. The molecule has 1 saturated heterocycles. The van der Waals surface area contributed by atoms with E-state index in [1.54, 1.807) is 18.2 Å². The van der Waals surface area contributed by atoms with Crippen molar-refractivity contribution >= 4 is 40.9 Å². The van der Waals surface area contributed by atoms with Gasteiger partial charge in [0.25, 0.3) is 0 Å². The van der Waals surface area contributed by atoms with E-state index in [1.165, 1.54) is 22.9 Å². The molecule has 0 aliphatic carbocycles. The monoisotopic (exact) mass is 413 g/mol. The minimum atomic E-state index is 0.117. The van der Waals surface area contributed by atoms with Crippen LogP contribution in [0.15, 0.2) is 23.4 Å². The summed E-state index contributed by atoms with van der Waals surface area (Å²) >= 11 is 13.5. The molecule has 2 N–H and O–H groups in total. The molecule has 0 radical (unpaired) electrons. The molecular weight excluding hydrogens is 393 g/mol. The summed E-state index contributed by atoms with van der Waals surface area (Å²) < 4.78 is 1.35. The Balaban J connectivity index is 1.71. The second-order valence-corrected chi connectivity index (χ2v) is 8.02. The van der Waals surface area contributed by atoms with E-state index in [0.717, 1.165) is 25.8 Å². The van der Waals surface area contributed by atoms with Crippen LogP contribution in [-0.4, -0.2) is 44.0 Å². The van der Waals surface area contributed by atoms with Gasteiger partial charge in [-0.1, -0.05) is 41.9 Å². The Morgan fingerprint density at radius 1 is 1.35 bits per heavy atom. The summed E-state index contributed by atoms with van der Waals surface area (Å²) in [7, 11) is 0. The summed E-state index contributed by atoms with van der Waals surface area (Å²) in [5.74, 6) is 6.93. The lowest BCUT2D eigenvalue weighted by Gasteiger charge is -2.35. The number of carbonyl (C=O) groups excluding carboxylic acids is 1. The van der Waals surface area contributed by atoms with Crippen molar-refractivity contribution in [2.45, 2.75) is 43.8 Å². The van der Waals surface area contributed by atoms with Crippen molar-refractivity contribution in [3.05, 3.63) is 28.2 Å². The Bertz CT molecular complexity index is 797. The fraction of sp³-hybridized carbons (Fsp3) is 0.471. The normalized spacial score (nSPS) is 17.5. The number of piperidine rings is 1. The van der Waals surface area contributed by atoms with Gasteiger partial charge in [0.05, 0.1) is 10.8 Å². The number of halogens is 2. The minimum absolute atomic E-state index is 0.117. The number of benzene rings is 1. The number of nitrogens with zero attached hydrogens (tertiary/aromatic N) is 4. The van der Waals surface area contributed by atoms with Gasteiger partial charge in [-0.15, -0.1) is 10.2 Å². The highest BCUT2D eigenvalue weighted by Gasteiger charge is 2.26. The number of hydrogen-bond donors (Lipinski definition) is 1. The van der Waals surface area contributed by atoms with Gasteiger partial charge in [0.2, 0.25) is 11.1 Å². The van der Waals surface area contributed by atoms with Crippen molar-refractivity contribution in [3.8, 4) is 11.4 Å². The quantitative estimate of drug-likeness (QED) is 0.594. The van der Waals surface area contributed by atoms with Crippen molar-refractivity contribution in [3.63, 3.8) is 0 Å². The highest BCUT2D eigenvalue weighted by molar-refractivity contribution is 7.99. The largest absolute Gasteiger partial charge is 0.339 e. The number of hydrogen-bond acceptors (Lipinski definition) is 5. The number of rotatable bonds is 5. The van der Waals surface area contributed by atoms with Crippen LogP contribution in [0.25, 0.3) is 11.4 Å². The van der Waals surface area contributed by atoms with E-state index in [2.05, 4.69) is 17.1 Å². The van der Waals surface area contributed by atoms with Crippen LogP contribution in [0.3, 0.4) is 0 Å². The molecule has 26 heavy (non-hydrogen) atoms. The number of carbonyl (C=O) groups is 1. The van der Waals surface area contributed by atoms with Crippen LogP contribution in [0.2, 0.25) is 10.0 Å². The smallest absolute Gasteiger partial charge is 0.233 e. The van der Waals surface area contributed by atoms with E-state index < -0.39 is 0 Å². The Morgan fingerprint density at radius 3 is 2.92 bits per heavy atom. The van der Waals surface area contributed by atoms with Crippen molar-refractivity contribution in [2.75, 3.05) is 18.1 Å². The molecule has 2 heterocycles. The van der Waals surface area contributed by atoms with Gasteiger partial charge < -0.3 is 10.7 Å². The number of thioether (sulfide) groups is 1. The van der Waals surface area contributed by atoms with Gasteiger partial charge in [0.15, 0.2) is 5.82 Å². The Hall–Kier alpha value is -1.44. The minimum Gasteiger partial charge on any atom is -0.339 e. The fourth-order valence-corrected chi connectivity index (χ4v) is 4.31. The zero-order valence-electron chi connectivity index (χ0n) is 14.5. The van der Waals surface area contributed by atoms with Crippen molar-refractivity contribution < 1.29 is 4.79 Å². The number of aromatic nitrogens is 3. The summed E-state index contributed by atoms with van der Waals surface area (Å²) in [5, 5.41) is 9.69. The summed E-state index contributed by atoms with van der Waals surface area (Å²) in [5.41, 5.74) is 0.606. The molecule has 0 saturated carbocycles. The van der Waals surface area contributed by atoms with Crippen LogP contribution < -0.4 is 5.84 Å². The summed E-state index contributed by atoms with van der Waals surface area (Å²) in [4.78, 5) is 14.6. The second-order valence-electron chi connectivity index (χ2n) is 6.23. The molecule has 1 atom stereocenters. The molecular formula is C17H21Cl2N5OS. The highest BCUT2D eigenvalue weighted by atomic mass is 35.5. The maximum Gasteiger partial charge on any atom is 0.233 e. The first kappa shape index (κ1) is 19.3. The Labute approximate surface area is 167 Å². The van der Waals surface area contributed by atoms with Crippen molar-refractivity contribution in [1.82, 2.24) is 19.8 Å². The predicted molar refractivity (Wildman–Crippen MR) is 106 cm³/mol. The molecule has 0 unspecified atom stereocenters. The van der Waals surface area contributed by atoms with E-state index in [0.29, 0.717) is 32.6 Å². The lowest BCUT2D eigenvalue weighted by molar-refractivity contribution is -0.132.